The van der Waals surface area contributed by atoms with Gasteiger partial charge in [-0.25, -0.2) is 0 Å². The number of hydrogen-bond acceptors (Lipinski definition) is 0. The summed E-state index contributed by atoms with van der Waals surface area (Å²) >= 11 is 0. The van der Waals surface area contributed by atoms with Crippen molar-refractivity contribution in [2.75, 3.05) is 0 Å². The topological polar surface area (TPSA) is 0 Å². The predicted octanol–water partition coefficient (Wildman–Crippen LogP) is 3.48. The minimum absolute atomic E-state index is 0. The molecule has 0 fully saturated rings. The summed E-state index contributed by atoms with van der Waals surface area (Å²) in [6.45, 7) is 5.00. The van der Waals surface area contributed by atoms with Crippen LogP contribution in [0.4, 0.5) is 0 Å². The van der Waals surface area contributed by atoms with Crippen LogP contribution in [-0.2, 0) is 19.5 Å². The zero-order valence-corrected chi connectivity index (χ0v) is 10.9. The van der Waals surface area contributed by atoms with E-state index in [9.17, 15) is 0 Å². The number of rotatable bonds is 0. The molecule has 0 amide bonds. The fourth-order valence-corrected chi connectivity index (χ4v) is 1.07. The third-order valence-corrected chi connectivity index (χ3v) is 1.59. The summed E-state index contributed by atoms with van der Waals surface area (Å²) in [5, 5.41) is 2.53. The Labute approximate surface area is 92.7 Å². The second-order valence-corrected chi connectivity index (χ2v) is 2.27. The molecule has 0 N–H and O–H groups in total. The van der Waals surface area contributed by atoms with Gasteiger partial charge in [0.2, 0.25) is 0 Å². The first-order valence-electron chi connectivity index (χ1n) is 4.02. The molecule has 0 atom stereocenters. The van der Waals surface area contributed by atoms with Gasteiger partial charge in [-0.15, -0.1) is 16.8 Å². The van der Waals surface area contributed by atoms with Gasteiger partial charge in [-0.3, -0.25) is 0 Å². The Morgan fingerprint density at radius 2 is 1.62 bits per heavy atom. The predicted molar refractivity (Wildman–Crippen MR) is 53.8 cm³/mol. The molecule has 0 heterocycles. The molecule has 13 heavy (non-hydrogen) atoms. The molecule has 2 rings (SSSR count). The van der Waals surface area contributed by atoms with Crippen molar-refractivity contribution in [2.24, 2.45) is 0 Å². The van der Waals surface area contributed by atoms with Crippen molar-refractivity contribution in [3.63, 3.8) is 0 Å². The van der Waals surface area contributed by atoms with Gasteiger partial charge < -0.3 is 6.92 Å². The van der Waals surface area contributed by atoms with Crippen LogP contribution in [0.2, 0.25) is 0 Å². The van der Waals surface area contributed by atoms with Crippen molar-refractivity contribution >= 4 is 10.8 Å². The standard InChI is InChI=1S/C10H7.C2H5.Zn/c1-2-6-10-8-4-3-7-9(10)5-1;1-2;/h1-3,5-8H;1H2,2H3;/q2*-1;+2. The smallest absolute Gasteiger partial charge is 0.346 e. The van der Waals surface area contributed by atoms with Crippen LogP contribution >= 0.6 is 0 Å². The molecule has 0 spiro atoms. The van der Waals surface area contributed by atoms with E-state index in [1.165, 1.54) is 10.8 Å². The minimum atomic E-state index is 0. The van der Waals surface area contributed by atoms with E-state index in [0.717, 1.165) is 0 Å². The number of fused-ring (bicyclic) bond motifs is 1. The molecule has 2 aromatic rings. The minimum Gasteiger partial charge on any atom is -0.346 e. The van der Waals surface area contributed by atoms with Crippen LogP contribution in [-0.4, -0.2) is 0 Å². The molecule has 0 nitrogen and oxygen atoms in total. The zero-order chi connectivity index (χ0) is 8.81. The maximum Gasteiger partial charge on any atom is 2.00 e. The Balaban J connectivity index is 0.000000451. The van der Waals surface area contributed by atoms with E-state index in [0.29, 0.717) is 0 Å². The third-order valence-electron chi connectivity index (χ3n) is 1.59. The largest absolute Gasteiger partial charge is 2.00 e. The van der Waals surface area contributed by atoms with Crippen LogP contribution in [0.15, 0.2) is 42.5 Å². The molecule has 0 unspecified atom stereocenters. The van der Waals surface area contributed by atoms with Crippen molar-refractivity contribution in [3.05, 3.63) is 55.5 Å². The molecule has 62 valence electrons. The fraction of sp³-hybridized carbons (Fsp3) is 0.0833. The quantitative estimate of drug-likeness (QED) is 0.472. The average molecular weight is 222 g/mol. The Kier molecular flexibility index (Phi) is 6.44. The van der Waals surface area contributed by atoms with E-state index >= 15 is 0 Å². The Hall–Kier alpha value is -0.677. The van der Waals surface area contributed by atoms with E-state index in [1.807, 2.05) is 24.3 Å². The molecular weight excluding hydrogens is 210 g/mol. The molecule has 2 aromatic carbocycles. The first-order chi connectivity index (χ1) is 5.97. The van der Waals surface area contributed by atoms with E-state index in [-0.39, 0.29) is 19.5 Å². The first kappa shape index (κ1) is 12.3. The summed E-state index contributed by atoms with van der Waals surface area (Å²) in [6.07, 6.45) is 0. The van der Waals surface area contributed by atoms with Crippen molar-refractivity contribution in [3.8, 4) is 0 Å². The van der Waals surface area contributed by atoms with Crippen molar-refractivity contribution in [2.45, 2.75) is 6.92 Å². The van der Waals surface area contributed by atoms with Gasteiger partial charge in [0.05, 0.1) is 0 Å². The molecule has 0 bridgehead atoms. The van der Waals surface area contributed by atoms with Crippen LogP contribution in [0.3, 0.4) is 0 Å². The zero-order valence-electron chi connectivity index (χ0n) is 7.96. The summed E-state index contributed by atoms with van der Waals surface area (Å²) in [5.74, 6) is 0. The Bertz CT molecular complexity index is 276. The molecule has 0 aliphatic carbocycles. The van der Waals surface area contributed by atoms with E-state index < -0.39 is 0 Å². The van der Waals surface area contributed by atoms with Crippen molar-refractivity contribution < 1.29 is 19.5 Å². The van der Waals surface area contributed by atoms with Crippen LogP contribution in [0.25, 0.3) is 10.8 Å². The molecule has 0 radical (unpaired) electrons. The van der Waals surface area contributed by atoms with Crippen LogP contribution in [0.5, 0.6) is 0 Å². The van der Waals surface area contributed by atoms with Gasteiger partial charge in [0.15, 0.2) is 0 Å². The normalized spacial score (nSPS) is 8.15. The van der Waals surface area contributed by atoms with Gasteiger partial charge in [-0.1, -0.05) is 18.2 Å². The Morgan fingerprint density at radius 3 is 2.23 bits per heavy atom. The summed E-state index contributed by atoms with van der Waals surface area (Å²) in [6, 6.07) is 17.3. The monoisotopic (exact) mass is 220 g/mol. The van der Waals surface area contributed by atoms with Crippen LogP contribution < -0.4 is 0 Å². The summed E-state index contributed by atoms with van der Waals surface area (Å²) in [7, 11) is 0. The number of hydrogen-bond donors (Lipinski definition) is 0. The average Bonchev–Trinajstić information content (AvgIpc) is 2.21. The number of benzene rings is 2. The van der Waals surface area contributed by atoms with Gasteiger partial charge in [0.25, 0.3) is 0 Å². The van der Waals surface area contributed by atoms with Gasteiger partial charge in [0.1, 0.15) is 0 Å². The molecule has 0 saturated heterocycles. The van der Waals surface area contributed by atoms with E-state index in [2.05, 4.69) is 31.2 Å². The molecular formula is C12H12Zn. The van der Waals surface area contributed by atoms with Gasteiger partial charge >= 0.3 is 19.5 Å². The molecule has 0 aromatic heterocycles. The van der Waals surface area contributed by atoms with E-state index in [4.69, 9.17) is 0 Å². The molecule has 0 aliphatic heterocycles. The Morgan fingerprint density at radius 1 is 1.00 bits per heavy atom. The fourth-order valence-electron chi connectivity index (χ4n) is 1.07. The maximum atomic E-state index is 3.25. The summed E-state index contributed by atoms with van der Waals surface area (Å²) < 4.78 is 0. The molecule has 0 saturated carbocycles. The second kappa shape index (κ2) is 6.80. The third kappa shape index (κ3) is 3.28. The summed E-state index contributed by atoms with van der Waals surface area (Å²) in [5.41, 5.74) is 0. The molecule has 1 heteroatoms. The van der Waals surface area contributed by atoms with Crippen LogP contribution in [0.1, 0.15) is 6.92 Å². The van der Waals surface area contributed by atoms with Crippen molar-refractivity contribution in [1.29, 1.82) is 0 Å². The van der Waals surface area contributed by atoms with Crippen LogP contribution in [0, 0.1) is 13.0 Å². The van der Waals surface area contributed by atoms with Gasteiger partial charge in [-0.2, -0.15) is 31.2 Å². The van der Waals surface area contributed by atoms with E-state index in [1.54, 1.807) is 6.92 Å². The SMILES string of the molecule is [CH2-]C.[Zn+2].[c-]1ccc2ccccc2c1. The first-order valence-corrected chi connectivity index (χ1v) is 4.02. The molecule has 0 aliphatic rings. The maximum absolute atomic E-state index is 3.25. The van der Waals surface area contributed by atoms with Gasteiger partial charge in [-0.05, 0) is 0 Å². The second-order valence-electron chi connectivity index (χ2n) is 2.27. The summed E-state index contributed by atoms with van der Waals surface area (Å²) in [4.78, 5) is 0. The van der Waals surface area contributed by atoms with Gasteiger partial charge in [0, 0.05) is 0 Å². The van der Waals surface area contributed by atoms with Crippen molar-refractivity contribution in [1.82, 2.24) is 0 Å².